The number of ether oxygens (including phenoxy) is 1. The van der Waals surface area contributed by atoms with Crippen LogP contribution in [0.2, 0.25) is 0 Å². The van der Waals surface area contributed by atoms with Gasteiger partial charge in [0.15, 0.2) is 0 Å². The molecule has 1 aromatic carbocycles. The van der Waals surface area contributed by atoms with Crippen LogP contribution in [0.25, 0.3) is 11.0 Å². The van der Waals surface area contributed by atoms with Crippen LogP contribution in [0.3, 0.4) is 0 Å². The molecule has 0 aliphatic rings. The van der Waals surface area contributed by atoms with Crippen LogP contribution in [0.4, 0.5) is 4.79 Å². The number of hydrogen-bond acceptors (Lipinski definition) is 5. The molecule has 1 heterocycles. The number of hydrogen-bond donors (Lipinski definition) is 4. The molecule has 0 radical (unpaired) electrons. The molecule has 4 N–H and O–H groups in total. The van der Waals surface area contributed by atoms with E-state index in [2.05, 4.69) is 15.3 Å². The van der Waals surface area contributed by atoms with Crippen LogP contribution >= 0.6 is 0 Å². The molecule has 0 saturated heterocycles. The number of alkyl carbamates (subject to hydrolysis) is 1. The Bertz CT molecular complexity index is 648. The van der Waals surface area contributed by atoms with Gasteiger partial charge in [-0.3, -0.25) is 0 Å². The van der Waals surface area contributed by atoms with E-state index >= 15 is 0 Å². The highest BCUT2D eigenvalue weighted by Gasteiger charge is 2.23. The van der Waals surface area contributed by atoms with Crippen LogP contribution in [0.1, 0.15) is 32.4 Å². The van der Waals surface area contributed by atoms with E-state index in [9.17, 15) is 15.0 Å². The first-order chi connectivity index (χ1) is 10.3. The van der Waals surface area contributed by atoms with Gasteiger partial charge < -0.3 is 25.3 Å². The lowest BCUT2D eigenvalue weighted by atomic mass is 10.0. The topological polar surface area (TPSA) is 107 Å². The van der Waals surface area contributed by atoms with E-state index in [0.717, 1.165) is 5.52 Å². The molecule has 120 valence electrons. The quantitative estimate of drug-likeness (QED) is 0.684. The Morgan fingerprint density at radius 1 is 1.41 bits per heavy atom. The largest absolute Gasteiger partial charge is 0.444 e. The van der Waals surface area contributed by atoms with Gasteiger partial charge in [0.1, 0.15) is 17.8 Å². The van der Waals surface area contributed by atoms with E-state index in [4.69, 9.17) is 4.74 Å². The second-order valence-electron chi connectivity index (χ2n) is 6.04. The molecule has 2 atom stereocenters. The third kappa shape index (κ3) is 3.96. The van der Waals surface area contributed by atoms with E-state index in [-0.39, 0.29) is 6.54 Å². The lowest BCUT2D eigenvalue weighted by molar-refractivity contribution is 0.0135. The van der Waals surface area contributed by atoms with Crippen molar-refractivity contribution in [3.63, 3.8) is 0 Å². The number of imidazole rings is 1. The Morgan fingerprint density at radius 3 is 2.82 bits per heavy atom. The van der Waals surface area contributed by atoms with Crippen molar-refractivity contribution in [1.82, 2.24) is 15.3 Å². The maximum absolute atomic E-state index is 11.5. The average Bonchev–Trinajstić information content (AvgIpc) is 2.90. The van der Waals surface area contributed by atoms with Crippen molar-refractivity contribution in [2.75, 3.05) is 6.54 Å². The molecule has 7 heteroatoms. The third-order valence-corrected chi connectivity index (χ3v) is 3.02. The van der Waals surface area contributed by atoms with Gasteiger partial charge in [-0.1, -0.05) is 12.1 Å². The minimum atomic E-state index is -1.17. The molecular weight excluding hydrogens is 286 g/mol. The maximum Gasteiger partial charge on any atom is 0.407 e. The summed E-state index contributed by atoms with van der Waals surface area (Å²) in [6.45, 7) is 5.11. The Morgan fingerprint density at radius 2 is 2.14 bits per heavy atom. The maximum atomic E-state index is 11.5. The summed E-state index contributed by atoms with van der Waals surface area (Å²) in [6.07, 6.45) is -1.46. The Hall–Kier alpha value is -2.12. The number of H-pyrrole nitrogens is 1. The smallest absolute Gasteiger partial charge is 0.407 e. The first-order valence-electron chi connectivity index (χ1n) is 7.03. The van der Waals surface area contributed by atoms with Crippen LogP contribution in [0.15, 0.2) is 24.5 Å². The molecule has 0 aliphatic heterocycles. The molecule has 0 spiro atoms. The van der Waals surface area contributed by atoms with Gasteiger partial charge in [-0.25, -0.2) is 9.78 Å². The molecule has 0 fully saturated rings. The highest BCUT2D eigenvalue weighted by molar-refractivity contribution is 5.78. The van der Waals surface area contributed by atoms with Crippen LogP contribution < -0.4 is 5.32 Å². The number of carbonyl (C=O) groups excluding carboxylic acids is 1. The highest BCUT2D eigenvalue weighted by atomic mass is 16.6. The zero-order valence-corrected chi connectivity index (χ0v) is 12.8. The molecule has 0 saturated carbocycles. The van der Waals surface area contributed by atoms with Gasteiger partial charge in [0.2, 0.25) is 0 Å². The summed E-state index contributed by atoms with van der Waals surface area (Å²) in [6, 6.07) is 5.27. The van der Waals surface area contributed by atoms with Crippen molar-refractivity contribution >= 4 is 17.1 Å². The summed E-state index contributed by atoms with van der Waals surface area (Å²) >= 11 is 0. The summed E-state index contributed by atoms with van der Waals surface area (Å²) in [7, 11) is 0. The summed E-state index contributed by atoms with van der Waals surface area (Å²) in [5, 5.41) is 22.7. The number of rotatable bonds is 4. The molecule has 2 unspecified atom stereocenters. The van der Waals surface area contributed by atoms with E-state index in [0.29, 0.717) is 11.1 Å². The zero-order chi connectivity index (χ0) is 16.3. The van der Waals surface area contributed by atoms with Crippen molar-refractivity contribution in [1.29, 1.82) is 0 Å². The van der Waals surface area contributed by atoms with Gasteiger partial charge in [0.05, 0.1) is 17.4 Å². The third-order valence-electron chi connectivity index (χ3n) is 3.02. The molecule has 0 bridgehead atoms. The van der Waals surface area contributed by atoms with Crippen molar-refractivity contribution in [2.24, 2.45) is 0 Å². The summed E-state index contributed by atoms with van der Waals surface area (Å²) in [4.78, 5) is 18.6. The molecule has 2 aromatic rings. The Kier molecular flexibility index (Phi) is 4.68. The number of fused-ring (bicyclic) bond motifs is 1. The van der Waals surface area contributed by atoms with E-state index in [1.165, 1.54) is 6.33 Å². The second-order valence-corrected chi connectivity index (χ2v) is 6.04. The molecule has 0 aliphatic carbocycles. The lowest BCUT2D eigenvalue weighted by Gasteiger charge is -2.22. The van der Waals surface area contributed by atoms with Gasteiger partial charge in [0.25, 0.3) is 0 Å². The summed E-state index contributed by atoms with van der Waals surface area (Å²) in [5.41, 5.74) is 1.24. The summed E-state index contributed by atoms with van der Waals surface area (Å²) in [5.74, 6) is 0. The van der Waals surface area contributed by atoms with Crippen LogP contribution in [-0.2, 0) is 4.74 Å². The first-order valence-corrected chi connectivity index (χ1v) is 7.03. The normalized spacial score (nSPS) is 14.6. The molecular formula is C15H21N3O4. The van der Waals surface area contributed by atoms with Crippen LogP contribution in [0, 0.1) is 0 Å². The number of aromatic nitrogens is 2. The Balaban J connectivity index is 1.99. The Labute approximate surface area is 128 Å². The fourth-order valence-electron chi connectivity index (χ4n) is 2.05. The zero-order valence-electron chi connectivity index (χ0n) is 12.8. The number of aliphatic hydroxyl groups excluding tert-OH is 2. The number of amides is 1. The monoisotopic (exact) mass is 307 g/mol. The van der Waals surface area contributed by atoms with E-state index < -0.39 is 23.9 Å². The molecule has 1 aromatic heterocycles. The van der Waals surface area contributed by atoms with Crippen molar-refractivity contribution in [3.8, 4) is 0 Å². The predicted molar refractivity (Wildman–Crippen MR) is 81.3 cm³/mol. The van der Waals surface area contributed by atoms with Gasteiger partial charge in [-0.2, -0.15) is 0 Å². The van der Waals surface area contributed by atoms with Crippen molar-refractivity contribution in [2.45, 2.75) is 38.6 Å². The van der Waals surface area contributed by atoms with E-state index in [1.54, 1.807) is 32.9 Å². The summed E-state index contributed by atoms with van der Waals surface area (Å²) < 4.78 is 5.07. The molecule has 2 rings (SSSR count). The standard InChI is InChI=1S/C15H21N3O4/c1-15(2,3)22-14(21)16-7-11(19)13(20)9-5-4-6-10-12(9)18-8-17-10/h4-6,8,11,13,19-20H,7H2,1-3H3,(H,16,21)(H,17,18). The molecule has 1 amide bonds. The van der Waals surface area contributed by atoms with Crippen molar-refractivity contribution < 1.29 is 19.7 Å². The van der Waals surface area contributed by atoms with Crippen molar-refractivity contribution in [3.05, 3.63) is 30.1 Å². The number of aromatic amines is 1. The number of benzene rings is 1. The highest BCUT2D eigenvalue weighted by Crippen LogP contribution is 2.23. The van der Waals surface area contributed by atoms with E-state index in [1.807, 2.05) is 6.07 Å². The SMILES string of the molecule is CC(C)(C)OC(=O)NCC(O)C(O)c1cccc2[nH]cnc12. The molecule has 22 heavy (non-hydrogen) atoms. The van der Waals surface area contributed by atoms with Gasteiger partial charge >= 0.3 is 6.09 Å². The predicted octanol–water partition coefficient (Wildman–Crippen LogP) is 1.48. The first kappa shape index (κ1) is 16.3. The van der Waals surface area contributed by atoms with Crippen LogP contribution in [0.5, 0.6) is 0 Å². The number of carbonyl (C=O) groups is 1. The van der Waals surface area contributed by atoms with Gasteiger partial charge in [0, 0.05) is 12.1 Å². The van der Waals surface area contributed by atoms with Crippen LogP contribution in [-0.4, -0.2) is 44.5 Å². The van der Waals surface area contributed by atoms with Gasteiger partial charge in [-0.15, -0.1) is 0 Å². The number of nitrogens with one attached hydrogen (secondary N) is 2. The number of aliphatic hydroxyl groups is 2. The lowest BCUT2D eigenvalue weighted by Crippen LogP contribution is -2.38. The molecule has 7 nitrogen and oxygen atoms in total. The number of nitrogens with zero attached hydrogens (tertiary/aromatic N) is 1. The fraction of sp³-hybridized carbons (Fsp3) is 0.467. The number of para-hydroxylation sites is 1. The fourth-order valence-corrected chi connectivity index (χ4v) is 2.05. The average molecular weight is 307 g/mol. The second kappa shape index (κ2) is 6.33. The van der Waals surface area contributed by atoms with Gasteiger partial charge in [-0.05, 0) is 26.8 Å². The minimum Gasteiger partial charge on any atom is -0.444 e. The minimum absolute atomic E-state index is 0.128.